The van der Waals surface area contributed by atoms with Crippen LogP contribution in [-0.4, -0.2) is 63.4 Å². The zero-order valence-corrected chi connectivity index (χ0v) is 14.4. The Morgan fingerprint density at radius 3 is 2.88 bits per heavy atom. The summed E-state index contributed by atoms with van der Waals surface area (Å²) in [5.74, 6) is 1.64. The van der Waals surface area contributed by atoms with E-state index in [-0.39, 0.29) is 12.0 Å². The SMILES string of the molecule is CCN(CC1COc2ccccc2O1)C(=O)C1(COC)CCNC1. The molecule has 0 aromatic heterocycles. The van der Waals surface area contributed by atoms with Crippen LogP contribution in [-0.2, 0) is 9.53 Å². The van der Waals surface area contributed by atoms with E-state index >= 15 is 0 Å². The summed E-state index contributed by atoms with van der Waals surface area (Å²) >= 11 is 0. The van der Waals surface area contributed by atoms with Crippen molar-refractivity contribution in [2.75, 3.05) is 46.5 Å². The largest absolute Gasteiger partial charge is 0.486 e. The van der Waals surface area contributed by atoms with Gasteiger partial charge in [-0.1, -0.05) is 12.1 Å². The topological polar surface area (TPSA) is 60.0 Å². The van der Waals surface area contributed by atoms with Gasteiger partial charge in [-0.25, -0.2) is 0 Å². The lowest BCUT2D eigenvalue weighted by molar-refractivity contribution is -0.145. The van der Waals surface area contributed by atoms with Gasteiger partial charge in [0.2, 0.25) is 5.91 Å². The lowest BCUT2D eigenvalue weighted by Crippen LogP contribution is -2.51. The van der Waals surface area contributed by atoms with Crippen LogP contribution in [0.1, 0.15) is 13.3 Å². The molecule has 6 nitrogen and oxygen atoms in total. The summed E-state index contributed by atoms with van der Waals surface area (Å²) in [5.41, 5.74) is -0.460. The number of rotatable bonds is 6. The number of hydrogen-bond acceptors (Lipinski definition) is 5. The van der Waals surface area contributed by atoms with Gasteiger partial charge in [-0.05, 0) is 32.0 Å². The predicted molar refractivity (Wildman–Crippen MR) is 90.4 cm³/mol. The normalized spacial score (nSPS) is 25.5. The van der Waals surface area contributed by atoms with Gasteiger partial charge in [-0.3, -0.25) is 4.79 Å². The highest BCUT2D eigenvalue weighted by atomic mass is 16.6. The molecule has 1 saturated heterocycles. The lowest BCUT2D eigenvalue weighted by atomic mass is 9.86. The highest BCUT2D eigenvalue weighted by Crippen LogP contribution is 2.32. The van der Waals surface area contributed by atoms with Crippen LogP contribution >= 0.6 is 0 Å². The quantitative estimate of drug-likeness (QED) is 0.850. The summed E-state index contributed by atoms with van der Waals surface area (Å²) in [4.78, 5) is 15.0. The van der Waals surface area contributed by atoms with E-state index < -0.39 is 5.41 Å². The third-order valence-electron chi connectivity index (χ3n) is 4.78. The van der Waals surface area contributed by atoms with Gasteiger partial charge < -0.3 is 24.4 Å². The van der Waals surface area contributed by atoms with Crippen molar-refractivity contribution in [1.29, 1.82) is 0 Å². The predicted octanol–water partition coefficient (Wildman–Crippen LogP) is 1.30. The van der Waals surface area contributed by atoms with Gasteiger partial charge in [0, 0.05) is 20.2 Å². The number of fused-ring (bicyclic) bond motifs is 1. The fraction of sp³-hybridized carbons (Fsp3) is 0.611. The first kappa shape index (κ1) is 17.0. The van der Waals surface area contributed by atoms with Gasteiger partial charge >= 0.3 is 0 Å². The first-order chi connectivity index (χ1) is 11.7. The van der Waals surface area contributed by atoms with Gasteiger partial charge in [-0.15, -0.1) is 0 Å². The third kappa shape index (κ3) is 3.35. The number of nitrogens with zero attached hydrogens (tertiary/aromatic N) is 1. The van der Waals surface area contributed by atoms with Crippen LogP contribution < -0.4 is 14.8 Å². The number of carbonyl (C=O) groups is 1. The standard InChI is InChI=1S/C18H26N2O4/c1-3-20(17(21)18(13-22-2)8-9-19-12-18)10-14-11-23-15-6-4-5-7-16(15)24-14/h4-7,14,19H,3,8-13H2,1-2H3. The average Bonchev–Trinajstić information content (AvgIpc) is 3.09. The fourth-order valence-electron chi connectivity index (χ4n) is 3.48. The summed E-state index contributed by atoms with van der Waals surface area (Å²) in [6, 6.07) is 7.63. The van der Waals surface area contributed by atoms with Crippen molar-refractivity contribution < 1.29 is 19.0 Å². The van der Waals surface area contributed by atoms with E-state index in [0.29, 0.717) is 32.8 Å². The molecule has 1 N–H and O–H groups in total. The molecule has 2 aliphatic rings. The molecule has 1 aromatic rings. The van der Waals surface area contributed by atoms with E-state index in [0.717, 1.165) is 24.5 Å². The molecule has 0 spiro atoms. The van der Waals surface area contributed by atoms with E-state index in [4.69, 9.17) is 14.2 Å². The van der Waals surface area contributed by atoms with Crippen molar-refractivity contribution in [2.24, 2.45) is 5.41 Å². The maximum Gasteiger partial charge on any atom is 0.232 e. The number of carbonyl (C=O) groups excluding carboxylic acids is 1. The van der Waals surface area contributed by atoms with Gasteiger partial charge in [-0.2, -0.15) is 0 Å². The maximum atomic E-state index is 13.1. The number of hydrogen-bond donors (Lipinski definition) is 1. The zero-order valence-electron chi connectivity index (χ0n) is 14.4. The van der Waals surface area contributed by atoms with E-state index in [2.05, 4.69) is 5.32 Å². The Balaban J connectivity index is 1.67. The van der Waals surface area contributed by atoms with Crippen LogP contribution in [0.15, 0.2) is 24.3 Å². The molecule has 132 valence electrons. The molecule has 3 rings (SSSR count). The number of benzene rings is 1. The van der Waals surface area contributed by atoms with Crippen LogP contribution in [0.2, 0.25) is 0 Å². The minimum atomic E-state index is -0.460. The Hall–Kier alpha value is -1.79. The molecule has 0 bridgehead atoms. The number of likely N-dealkylation sites (N-methyl/N-ethyl adjacent to an activating group) is 1. The molecular weight excluding hydrogens is 308 g/mol. The zero-order chi connectivity index (χ0) is 17.0. The highest BCUT2D eigenvalue weighted by Gasteiger charge is 2.44. The second-order valence-corrected chi connectivity index (χ2v) is 6.48. The molecule has 0 saturated carbocycles. The Morgan fingerprint density at radius 1 is 1.42 bits per heavy atom. The molecule has 2 unspecified atom stereocenters. The van der Waals surface area contributed by atoms with Crippen LogP contribution in [0.25, 0.3) is 0 Å². The summed E-state index contributed by atoms with van der Waals surface area (Å²) in [5, 5.41) is 3.29. The van der Waals surface area contributed by atoms with E-state index in [1.807, 2.05) is 36.1 Å². The van der Waals surface area contributed by atoms with Crippen LogP contribution in [0.5, 0.6) is 11.5 Å². The molecule has 6 heteroatoms. The Kier molecular flexibility index (Phi) is 5.26. The van der Waals surface area contributed by atoms with Crippen molar-refractivity contribution in [1.82, 2.24) is 10.2 Å². The molecule has 1 aromatic carbocycles. The molecular formula is C18H26N2O4. The first-order valence-corrected chi connectivity index (χ1v) is 8.56. The number of ether oxygens (including phenoxy) is 3. The third-order valence-corrected chi connectivity index (χ3v) is 4.78. The lowest BCUT2D eigenvalue weighted by Gasteiger charge is -2.36. The van der Waals surface area contributed by atoms with Crippen molar-refractivity contribution in [3.05, 3.63) is 24.3 Å². The van der Waals surface area contributed by atoms with Gasteiger partial charge in [0.15, 0.2) is 17.6 Å². The van der Waals surface area contributed by atoms with Crippen molar-refractivity contribution in [3.8, 4) is 11.5 Å². The van der Waals surface area contributed by atoms with Crippen LogP contribution in [0, 0.1) is 5.41 Å². The number of para-hydroxylation sites is 2. The van der Waals surface area contributed by atoms with E-state index in [1.165, 1.54) is 0 Å². The molecule has 2 atom stereocenters. The van der Waals surface area contributed by atoms with Crippen molar-refractivity contribution >= 4 is 5.91 Å². The fourth-order valence-corrected chi connectivity index (χ4v) is 3.48. The molecule has 1 amide bonds. The average molecular weight is 334 g/mol. The summed E-state index contributed by atoms with van der Waals surface area (Å²) in [6.07, 6.45) is 0.652. The van der Waals surface area contributed by atoms with Crippen molar-refractivity contribution in [3.63, 3.8) is 0 Å². The minimum Gasteiger partial charge on any atom is -0.486 e. The van der Waals surface area contributed by atoms with Gasteiger partial charge in [0.25, 0.3) is 0 Å². The van der Waals surface area contributed by atoms with E-state index in [9.17, 15) is 4.79 Å². The number of nitrogens with one attached hydrogen (secondary N) is 1. The molecule has 1 fully saturated rings. The minimum absolute atomic E-state index is 0.138. The Bertz CT molecular complexity index is 572. The van der Waals surface area contributed by atoms with Gasteiger partial charge in [0.05, 0.1) is 18.6 Å². The van der Waals surface area contributed by atoms with Crippen molar-refractivity contribution in [2.45, 2.75) is 19.4 Å². The number of amides is 1. The Labute approximate surface area is 143 Å². The van der Waals surface area contributed by atoms with Crippen LogP contribution in [0.3, 0.4) is 0 Å². The molecule has 2 heterocycles. The second-order valence-electron chi connectivity index (χ2n) is 6.48. The molecule has 0 radical (unpaired) electrons. The highest BCUT2D eigenvalue weighted by molar-refractivity contribution is 5.83. The molecule has 24 heavy (non-hydrogen) atoms. The summed E-state index contributed by atoms with van der Waals surface area (Å²) in [6.45, 7) is 5.58. The van der Waals surface area contributed by atoms with Crippen LogP contribution in [0.4, 0.5) is 0 Å². The second kappa shape index (κ2) is 7.40. The molecule has 0 aliphatic carbocycles. The summed E-state index contributed by atoms with van der Waals surface area (Å²) < 4.78 is 17.1. The Morgan fingerprint density at radius 2 is 2.21 bits per heavy atom. The molecule has 2 aliphatic heterocycles. The maximum absolute atomic E-state index is 13.1. The monoisotopic (exact) mass is 334 g/mol. The summed E-state index contributed by atoms with van der Waals surface area (Å²) in [7, 11) is 1.65. The van der Waals surface area contributed by atoms with E-state index in [1.54, 1.807) is 7.11 Å². The smallest absolute Gasteiger partial charge is 0.232 e. The van der Waals surface area contributed by atoms with Gasteiger partial charge in [0.1, 0.15) is 6.61 Å². The first-order valence-electron chi connectivity index (χ1n) is 8.56. The number of methoxy groups -OCH3 is 1.